The molecule has 0 aliphatic heterocycles. The van der Waals surface area contributed by atoms with E-state index in [0.29, 0.717) is 28.2 Å². The normalized spacial score (nSPS) is 11.3. The first-order valence-electron chi connectivity index (χ1n) is 9.68. The zero-order valence-corrected chi connectivity index (χ0v) is 17.6. The van der Waals surface area contributed by atoms with Crippen LogP contribution in [0.3, 0.4) is 0 Å². The van der Waals surface area contributed by atoms with Crippen LogP contribution in [-0.2, 0) is 0 Å². The van der Waals surface area contributed by atoms with Gasteiger partial charge in [0.1, 0.15) is 12.4 Å². The van der Waals surface area contributed by atoms with Crippen molar-refractivity contribution in [2.75, 3.05) is 11.9 Å². The number of benzene rings is 2. The predicted octanol–water partition coefficient (Wildman–Crippen LogP) is 5.09. The van der Waals surface area contributed by atoms with Gasteiger partial charge in [0.05, 0.1) is 5.56 Å². The minimum Gasteiger partial charge on any atom is -0.343 e. The summed E-state index contributed by atoms with van der Waals surface area (Å²) in [7, 11) is 0. The lowest BCUT2D eigenvalue weighted by atomic mass is 10.1. The maximum absolute atomic E-state index is 13.3. The van der Waals surface area contributed by atoms with Gasteiger partial charge in [-0.05, 0) is 68.8 Å². The Balaban J connectivity index is 1.84. The molecule has 0 radical (unpaired) electrons. The van der Waals surface area contributed by atoms with Gasteiger partial charge in [-0.1, -0.05) is 6.07 Å². The summed E-state index contributed by atoms with van der Waals surface area (Å²) in [5.74, 6) is -1.71. The van der Waals surface area contributed by atoms with Gasteiger partial charge in [0.25, 0.3) is 11.8 Å². The number of halogens is 4. The molecular weight excluding hydrogens is 426 g/mol. The number of hydrogen-bond donors (Lipinski definition) is 2. The zero-order valence-electron chi connectivity index (χ0n) is 17.6. The van der Waals surface area contributed by atoms with Crippen molar-refractivity contribution in [2.45, 2.75) is 26.9 Å². The summed E-state index contributed by atoms with van der Waals surface area (Å²) < 4.78 is 52.1. The molecule has 32 heavy (non-hydrogen) atoms. The van der Waals surface area contributed by atoms with Gasteiger partial charge in [-0.3, -0.25) is 9.59 Å². The highest BCUT2D eigenvalue weighted by Crippen LogP contribution is 2.24. The molecule has 2 aromatic carbocycles. The number of hydrogen-bond acceptors (Lipinski definition) is 2. The molecule has 0 aliphatic carbocycles. The molecule has 0 aliphatic rings. The highest BCUT2D eigenvalue weighted by Gasteiger charge is 2.28. The second-order valence-corrected chi connectivity index (χ2v) is 7.38. The third-order valence-electron chi connectivity index (χ3n) is 4.96. The molecule has 168 valence electrons. The quantitative estimate of drug-likeness (QED) is 0.536. The van der Waals surface area contributed by atoms with Crippen LogP contribution in [0.15, 0.2) is 48.5 Å². The lowest BCUT2D eigenvalue weighted by Gasteiger charge is -2.13. The maximum Gasteiger partial charge on any atom is 0.405 e. The minimum atomic E-state index is -4.52. The number of carbonyl (C=O) groups excluding carboxylic acids is 2. The fourth-order valence-corrected chi connectivity index (χ4v) is 3.35. The number of alkyl halides is 3. The van der Waals surface area contributed by atoms with E-state index in [2.05, 4.69) is 5.32 Å². The van der Waals surface area contributed by atoms with E-state index in [1.165, 1.54) is 24.3 Å². The summed E-state index contributed by atoms with van der Waals surface area (Å²) in [5, 5.41) is 4.53. The predicted molar refractivity (Wildman–Crippen MR) is 113 cm³/mol. The monoisotopic (exact) mass is 447 g/mol. The van der Waals surface area contributed by atoms with Gasteiger partial charge in [0.15, 0.2) is 0 Å². The minimum absolute atomic E-state index is 0.00747. The van der Waals surface area contributed by atoms with E-state index >= 15 is 0 Å². The lowest BCUT2D eigenvalue weighted by Crippen LogP contribution is -2.33. The summed E-state index contributed by atoms with van der Waals surface area (Å²) in [6.45, 7) is 3.81. The van der Waals surface area contributed by atoms with Crippen molar-refractivity contribution in [1.82, 2.24) is 9.88 Å². The van der Waals surface area contributed by atoms with Crippen LogP contribution in [0.1, 0.15) is 37.7 Å². The van der Waals surface area contributed by atoms with E-state index < -0.39 is 24.5 Å². The van der Waals surface area contributed by atoms with Crippen molar-refractivity contribution < 1.29 is 27.2 Å². The van der Waals surface area contributed by atoms with Gasteiger partial charge in [-0.15, -0.1) is 0 Å². The van der Waals surface area contributed by atoms with Crippen molar-refractivity contribution in [2.24, 2.45) is 0 Å². The molecule has 0 spiro atoms. The third-order valence-corrected chi connectivity index (χ3v) is 4.96. The largest absolute Gasteiger partial charge is 0.405 e. The SMILES string of the molecule is Cc1ccc(C(=O)NCC(F)(F)F)cc1NC(=O)c1cc(C)n(-c2ccc(F)cc2)c1C. The summed E-state index contributed by atoms with van der Waals surface area (Å²) >= 11 is 0. The number of aromatic nitrogens is 1. The second kappa shape index (κ2) is 8.86. The van der Waals surface area contributed by atoms with Gasteiger partial charge >= 0.3 is 6.18 Å². The fourth-order valence-electron chi connectivity index (χ4n) is 3.35. The smallest absolute Gasteiger partial charge is 0.343 e. The molecular formula is C23H21F4N3O2. The number of aryl methyl sites for hydroxylation is 2. The molecule has 3 rings (SSSR count). The van der Waals surface area contributed by atoms with E-state index in [0.717, 1.165) is 5.69 Å². The Labute approximate surface area is 182 Å². The number of rotatable bonds is 5. The van der Waals surface area contributed by atoms with Crippen molar-refractivity contribution in [1.29, 1.82) is 0 Å². The Morgan fingerprint density at radius 3 is 2.22 bits per heavy atom. The van der Waals surface area contributed by atoms with Crippen LogP contribution in [0.4, 0.5) is 23.2 Å². The Kier molecular flexibility index (Phi) is 6.38. The van der Waals surface area contributed by atoms with Gasteiger partial charge in [-0.25, -0.2) is 4.39 Å². The Morgan fingerprint density at radius 2 is 1.59 bits per heavy atom. The van der Waals surface area contributed by atoms with Gasteiger partial charge in [0, 0.05) is 28.3 Å². The highest BCUT2D eigenvalue weighted by atomic mass is 19.4. The molecule has 0 atom stereocenters. The van der Waals surface area contributed by atoms with Crippen LogP contribution in [0.5, 0.6) is 0 Å². The number of carbonyl (C=O) groups is 2. The molecule has 0 unspecified atom stereocenters. The molecule has 0 saturated carbocycles. The van der Waals surface area contributed by atoms with Gasteiger partial charge in [-0.2, -0.15) is 13.2 Å². The van der Waals surface area contributed by atoms with Crippen molar-refractivity contribution in [3.8, 4) is 5.69 Å². The average molecular weight is 447 g/mol. The number of nitrogens with one attached hydrogen (secondary N) is 2. The third kappa shape index (κ3) is 5.16. The van der Waals surface area contributed by atoms with Crippen LogP contribution >= 0.6 is 0 Å². The van der Waals surface area contributed by atoms with Gasteiger partial charge < -0.3 is 15.2 Å². The van der Waals surface area contributed by atoms with Crippen LogP contribution < -0.4 is 10.6 Å². The molecule has 0 saturated heterocycles. The van der Waals surface area contributed by atoms with E-state index in [4.69, 9.17) is 0 Å². The first kappa shape index (κ1) is 23.1. The molecule has 0 bridgehead atoms. The second-order valence-electron chi connectivity index (χ2n) is 7.38. The topological polar surface area (TPSA) is 63.1 Å². The molecule has 0 fully saturated rings. The number of nitrogens with zero attached hydrogens (tertiary/aromatic N) is 1. The first-order valence-corrected chi connectivity index (χ1v) is 9.68. The van der Waals surface area contributed by atoms with Crippen molar-refractivity contribution in [3.63, 3.8) is 0 Å². The van der Waals surface area contributed by atoms with Crippen molar-refractivity contribution >= 4 is 17.5 Å². The zero-order chi connectivity index (χ0) is 23.6. The highest BCUT2D eigenvalue weighted by molar-refractivity contribution is 6.06. The Bertz CT molecular complexity index is 1170. The summed E-state index contributed by atoms with van der Waals surface area (Å²) in [4.78, 5) is 25.0. The summed E-state index contributed by atoms with van der Waals surface area (Å²) in [5.41, 5.74) is 3.39. The van der Waals surface area contributed by atoms with Gasteiger partial charge in [0.2, 0.25) is 0 Å². The van der Waals surface area contributed by atoms with E-state index in [1.807, 2.05) is 11.5 Å². The van der Waals surface area contributed by atoms with Crippen LogP contribution in [0, 0.1) is 26.6 Å². The first-order chi connectivity index (χ1) is 15.0. The van der Waals surface area contributed by atoms with E-state index in [-0.39, 0.29) is 11.4 Å². The molecule has 1 heterocycles. The Hall–Kier alpha value is -3.62. The summed E-state index contributed by atoms with van der Waals surface area (Å²) in [6.07, 6.45) is -4.52. The number of anilines is 1. The van der Waals surface area contributed by atoms with Crippen LogP contribution in [0.2, 0.25) is 0 Å². The lowest BCUT2D eigenvalue weighted by molar-refractivity contribution is -0.123. The average Bonchev–Trinajstić information content (AvgIpc) is 3.02. The molecule has 5 nitrogen and oxygen atoms in total. The van der Waals surface area contributed by atoms with E-state index in [1.54, 1.807) is 43.4 Å². The molecule has 3 aromatic rings. The number of amides is 2. The molecule has 2 amide bonds. The fraction of sp³-hybridized carbons (Fsp3) is 0.217. The molecule has 1 aromatic heterocycles. The summed E-state index contributed by atoms with van der Waals surface area (Å²) in [6, 6.07) is 11.8. The maximum atomic E-state index is 13.3. The van der Waals surface area contributed by atoms with Crippen LogP contribution in [-0.4, -0.2) is 29.1 Å². The standard InChI is InChI=1S/C23H21F4N3O2/c1-13-4-5-16(21(31)28-12-23(25,26)27)11-20(13)29-22(32)19-10-14(2)30(15(19)3)18-8-6-17(24)7-9-18/h4-11H,12H2,1-3H3,(H,28,31)(H,29,32). The molecule has 2 N–H and O–H groups in total. The Morgan fingerprint density at radius 1 is 0.938 bits per heavy atom. The van der Waals surface area contributed by atoms with E-state index in [9.17, 15) is 27.2 Å². The molecule has 9 heteroatoms. The van der Waals surface area contributed by atoms with Crippen molar-refractivity contribution in [3.05, 3.63) is 82.4 Å². The van der Waals surface area contributed by atoms with Crippen LogP contribution in [0.25, 0.3) is 5.69 Å².